The van der Waals surface area contributed by atoms with Gasteiger partial charge in [-0.05, 0) is 7.05 Å². The molecule has 0 aliphatic carbocycles. The molecule has 0 aliphatic heterocycles. The van der Waals surface area contributed by atoms with Gasteiger partial charge in [-0.25, -0.2) is 0 Å². The Balaban J connectivity index is 3.53. The molecule has 0 rings (SSSR count). The van der Waals surface area contributed by atoms with E-state index in [0.29, 0.717) is 6.54 Å². The Bertz CT molecular complexity index is 75.4. The molecule has 0 fully saturated rings. The highest BCUT2D eigenvalue weighted by Crippen LogP contribution is 1.96. The van der Waals surface area contributed by atoms with E-state index in [1.54, 1.807) is 7.05 Å². The van der Waals surface area contributed by atoms with Gasteiger partial charge in [-0.2, -0.15) is 0 Å². The Hall–Kier alpha value is -0.160. The molecule has 0 aliphatic rings. The third kappa shape index (κ3) is 3.12. The number of hydrogen-bond donors (Lipinski definition) is 2. The van der Waals surface area contributed by atoms with Crippen molar-refractivity contribution in [1.82, 2.24) is 5.32 Å². The van der Waals surface area contributed by atoms with Gasteiger partial charge in [0.25, 0.3) is 0 Å². The summed E-state index contributed by atoms with van der Waals surface area (Å²) in [7, 11) is 4.74. The van der Waals surface area contributed by atoms with Crippen molar-refractivity contribution in [3.63, 3.8) is 0 Å². The van der Waals surface area contributed by atoms with Gasteiger partial charge in [-0.1, -0.05) is 0 Å². The lowest BCUT2D eigenvalue weighted by Gasteiger charge is -2.19. The van der Waals surface area contributed by atoms with E-state index in [1.807, 2.05) is 0 Å². The van der Waals surface area contributed by atoms with Crippen LogP contribution in [0.2, 0.25) is 0 Å². The Kier molecular flexibility index (Phi) is 5.52. The van der Waals surface area contributed by atoms with Gasteiger partial charge in [0.1, 0.15) is 6.10 Å². The molecular formula is C6H15NO3. The van der Waals surface area contributed by atoms with Crippen LogP contribution in [0.25, 0.3) is 0 Å². The maximum Gasteiger partial charge on any atom is 0.183 e. The van der Waals surface area contributed by atoms with Crippen LogP contribution in [0, 0.1) is 0 Å². The first-order valence-electron chi connectivity index (χ1n) is 3.14. The SMILES string of the molecule is CNCC(O)C(OC)OC. The van der Waals surface area contributed by atoms with Gasteiger partial charge in [0.2, 0.25) is 0 Å². The molecule has 62 valence electrons. The molecule has 4 heteroatoms. The zero-order valence-electron chi connectivity index (χ0n) is 6.63. The Morgan fingerprint density at radius 1 is 1.40 bits per heavy atom. The highest BCUT2D eigenvalue weighted by atomic mass is 16.7. The topological polar surface area (TPSA) is 50.7 Å². The van der Waals surface area contributed by atoms with Crippen LogP contribution in [0.3, 0.4) is 0 Å². The number of rotatable bonds is 5. The van der Waals surface area contributed by atoms with E-state index in [9.17, 15) is 5.11 Å². The van der Waals surface area contributed by atoms with E-state index in [0.717, 1.165) is 0 Å². The van der Waals surface area contributed by atoms with Gasteiger partial charge in [-0.3, -0.25) is 0 Å². The molecular weight excluding hydrogens is 134 g/mol. The zero-order valence-corrected chi connectivity index (χ0v) is 6.63. The fourth-order valence-electron chi connectivity index (χ4n) is 0.716. The van der Waals surface area contributed by atoms with Crippen LogP contribution < -0.4 is 5.32 Å². The maximum absolute atomic E-state index is 9.20. The number of methoxy groups -OCH3 is 2. The van der Waals surface area contributed by atoms with Crippen LogP contribution in [0.15, 0.2) is 0 Å². The molecule has 0 saturated carbocycles. The van der Waals surface area contributed by atoms with Crippen LogP contribution in [0.1, 0.15) is 0 Å². The molecule has 0 aromatic rings. The highest BCUT2D eigenvalue weighted by Gasteiger charge is 2.15. The number of aliphatic hydroxyl groups excluding tert-OH is 1. The first kappa shape index (κ1) is 9.84. The fourth-order valence-corrected chi connectivity index (χ4v) is 0.716. The first-order valence-corrected chi connectivity index (χ1v) is 3.14. The van der Waals surface area contributed by atoms with Crippen molar-refractivity contribution in [3.05, 3.63) is 0 Å². The molecule has 0 spiro atoms. The monoisotopic (exact) mass is 149 g/mol. The van der Waals surface area contributed by atoms with Crippen molar-refractivity contribution in [2.45, 2.75) is 12.4 Å². The molecule has 2 N–H and O–H groups in total. The third-order valence-electron chi connectivity index (χ3n) is 1.19. The predicted molar refractivity (Wildman–Crippen MR) is 37.7 cm³/mol. The van der Waals surface area contributed by atoms with E-state index < -0.39 is 12.4 Å². The Labute approximate surface area is 61.1 Å². The second-order valence-electron chi connectivity index (χ2n) is 1.96. The molecule has 10 heavy (non-hydrogen) atoms. The lowest BCUT2D eigenvalue weighted by atomic mass is 10.3. The summed E-state index contributed by atoms with van der Waals surface area (Å²) < 4.78 is 9.60. The van der Waals surface area contributed by atoms with Crippen molar-refractivity contribution in [2.24, 2.45) is 0 Å². The number of aliphatic hydroxyl groups is 1. The van der Waals surface area contributed by atoms with Crippen LogP contribution >= 0.6 is 0 Å². The normalized spacial score (nSPS) is 14.1. The average molecular weight is 149 g/mol. The molecule has 0 radical (unpaired) electrons. The maximum atomic E-state index is 9.20. The Morgan fingerprint density at radius 2 is 1.90 bits per heavy atom. The van der Waals surface area contributed by atoms with Gasteiger partial charge in [-0.15, -0.1) is 0 Å². The third-order valence-corrected chi connectivity index (χ3v) is 1.19. The van der Waals surface area contributed by atoms with Crippen LogP contribution in [0.4, 0.5) is 0 Å². The Morgan fingerprint density at radius 3 is 2.20 bits per heavy atom. The molecule has 0 amide bonds. The van der Waals surface area contributed by atoms with Crippen molar-refractivity contribution in [3.8, 4) is 0 Å². The zero-order chi connectivity index (χ0) is 7.98. The largest absolute Gasteiger partial charge is 0.386 e. The van der Waals surface area contributed by atoms with Crippen molar-refractivity contribution < 1.29 is 14.6 Å². The average Bonchev–Trinajstić information content (AvgIpc) is 1.91. The van der Waals surface area contributed by atoms with Gasteiger partial charge < -0.3 is 19.9 Å². The molecule has 1 unspecified atom stereocenters. The second-order valence-corrected chi connectivity index (χ2v) is 1.96. The fraction of sp³-hybridized carbons (Fsp3) is 1.00. The van der Waals surface area contributed by atoms with Gasteiger partial charge in [0, 0.05) is 20.8 Å². The van der Waals surface area contributed by atoms with Gasteiger partial charge in [0.05, 0.1) is 0 Å². The summed E-state index contributed by atoms with van der Waals surface area (Å²) >= 11 is 0. The minimum Gasteiger partial charge on any atom is -0.386 e. The van der Waals surface area contributed by atoms with E-state index in [4.69, 9.17) is 9.47 Å². The molecule has 1 atom stereocenters. The highest BCUT2D eigenvalue weighted by molar-refractivity contribution is 4.60. The van der Waals surface area contributed by atoms with Gasteiger partial charge >= 0.3 is 0 Å². The summed E-state index contributed by atoms with van der Waals surface area (Å²) in [5.74, 6) is 0. The van der Waals surface area contributed by atoms with Crippen molar-refractivity contribution >= 4 is 0 Å². The number of hydrogen-bond acceptors (Lipinski definition) is 4. The summed E-state index contributed by atoms with van der Waals surface area (Å²) in [6.07, 6.45) is -1.15. The summed E-state index contributed by atoms with van der Waals surface area (Å²) in [5.41, 5.74) is 0. The minimum atomic E-state index is -0.611. The standard InChI is InChI=1S/C6H15NO3/c1-7-4-5(8)6(9-2)10-3/h5-8H,4H2,1-3H3. The minimum absolute atomic E-state index is 0.465. The van der Waals surface area contributed by atoms with Crippen LogP contribution in [0.5, 0.6) is 0 Å². The molecule has 0 heterocycles. The molecule has 0 bridgehead atoms. The lowest BCUT2D eigenvalue weighted by molar-refractivity contribution is -0.162. The summed E-state index contributed by atoms with van der Waals surface area (Å²) in [6, 6.07) is 0. The van der Waals surface area contributed by atoms with Crippen LogP contribution in [-0.4, -0.2) is 45.3 Å². The van der Waals surface area contributed by atoms with E-state index >= 15 is 0 Å². The van der Waals surface area contributed by atoms with E-state index in [2.05, 4.69) is 5.32 Å². The molecule has 0 saturated heterocycles. The van der Waals surface area contributed by atoms with E-state index in [1.165, 1.54) is 14.2 Å². The quantitative estimate of drug-likeness (QED) is 0.502. The molecule has 0 aromatic heterocycles. The number of nitrogens with one attached hydrogen (secondary N) is 1. The summed E-state index contributed by atoms with van der Waals surface area (Å²) in [5, 5.41) is 12.0. The number of ether oxygens (including phenoxy) is 2. The van der Waals surface area contributed by atoms with Crippen molar-refractivity contribution in [2.75, 3.05) is 27.8 Å². The van der Waals surface area contributed by atoms with E-state index in [-0.39, 0.29) is 0 Å². The second kappa shape index (κ2) is 5.61. The first-order chi connectivity index (χ1) is 4.76. The van der Waals surface area contributed by atoms with Crippen molar-refractivity contribution in [1.29, 1.82) is 0 Å². The predicted octanol–water partition coefficient (Wildman–Crippen LogP) is -0.814. The van der Waals surface area contributed by atoms with Gasteiger partial charge in [0.15, 0.2) is 6.29 Å². The summed E-state index contributed by atoms with van der Waals surface area (Å²) in [6.45, 7) is 0.465. The molecule has 4 nitrogen and oxygen atoms in total. The summed E-state index contributed by atoms with van der Waals surface area (Å²) in [4.78, 5) is 0. The molecule has 0 aromatic carbocycles. The number of likely N-dealkylation sites (N-methyl/N-ethyl adjacent to an activating group) is 1. The van der Waals surface area contributed by atoms with Crippen LogP contribution in [-0.2, 0) is 9.47 Å². The smallest absolute Gasteiger partial charge is 0.183 e. The lowest BCUT2D eigenvalue weighted by Crippen LogP contribution is -2.37.